The number of hydrogen-bond acceptors (Lipinski definition) is 2. The van der Waals surface area contributed by atoms with Crippen molar-refractivity contribution in [1.29, 1.82) is 0 Å². The molecule has 90 valence electrons. The zero-order valence-electron chi connectivity index (χ0n) is 9.74. The van der Waals surface area contributed by atoms with Gasteiger partial charge in [-0.1, -0.05) is 6.42 Å². The van der Waals surface area contributed by atoms with Gasteiger partial charge in [0.2, 0.25) is 5.91 Å². The average molecular weight is 225 g/mol. The number of carbonyl (C=O) groups excluding carboxylic acids is 1. The molecule has 4 nitrogen and oxygen atoms in total. The summed E-state index contributed by atoms with van der Waals surface area (Å²) in [5.41, 5.74) is -0.737. The zero-order valence-corrected chi connectivity index (χ0v) is 9.74. The molecule has 1 unspecified atom stereocenters. The first-order valence-corrected chi connectivity index (χ1v) is 6.08. The van der Waals surface area contributed by atoms with Gasteiger partial charge in [-0.15, -0.1) is 0 Å². The molecule has 0 aromatic rings. The molecule has 4 heteroatoms. The molecule has 0 radical (unpaired) electrons. The summed E-state index contributed by atoms with van der Waals surface area (Å²) in [7, 11) is 0. The highest BCUT2D eigenvalue weighted by molar-refractivity contribution is 5.86. The Balaban J connectivity index is 1.98. The minimum absolute atomic E-state index is 0.0344. The van der Waals surface area contributed by atoms with Gasteiger partial charge >= 0.3 is 5.97 Å². The molecule has 1 N–H and O–H groups in total. The third-order valence-corrected chi connectivity index (χ3v) is 4.13. The first-order valence-electron chi connectivity index (χ1n) is 6.08. The van der Waals surface area contributed by atoms with Crippen LogP contribution in [0.15, 0.2) is 0 Å². The van der Waals surface area contributed by atoms with Gasteiger partial charge < -0.3 is 10.0 Å². The van der Waals surface area contributed by atoms with Crippen molar-refractivity contribution in [1.82, 2.24) is 4.90 Å². The topological polar surface area (TPSA) is 57.6 Å². The van der Waals surface area contributed by atoms with Gasteiger partial charge in [0.05, 0.1) is 5.41 Å². The number of hydrogen-bond donors (Lipinski definition) is 1. The molecule has 1 saturated carbocycles. The summed E-state index contributed by atoms with van der Waals surface area (Å²) in [5.74, 6) is -0.758. The first-order chi connectivity index (χ1) is 7.55. The number of likely N-dealkylation sites (tertiary alicyclic amines) is 1. The molecule has 1 heterocycles. The van der Waals surface area contributed by atoms with E-state index in [2.05, 4.69) is 0 Å². The van der Waals surface area contributed by atoms with Crippen LogP contribution in [0.5, 0.6) is 0 Å². The van der Waals surface area contributed by atoms with E-state index in [0.717, 1.165) is 25.8 Å². The number of carbonyl (C=O) groups is 2. The summed E-state index contributed by atoms with van der Waals surface area (Å²) in [6.45, 7) is 2.84. The van der Waals surface area contributed by atoms with Crippen LogP contribution in [-0.2, 0) is 9.59 Å². The predicted molar refractivity (Wildman–Crippen MR) is 58.9 cm³/mol. The second kappa shape index (κ2) is 4.07. The van der Waals surface area contributed by atoms with Gasteiger partial charge in [0.1, 0.15) is 0 Å². The SMILES string of the molecule is CC1CCCN1C(=O)CC1(C(=O)O)CCC1. The lowest BCUT2D eigenvalue weighted by molar-refractivity contribution is -0.159. The summed E-state index contributed by atoms with van der Waals surface area (Å²) < 4.78 is 0. The van der Waals surface area contributed by atoms with Crippen LogP contribution in [0.3, 0.4) is 0 Å². The van der Waals surface area contributed by atoms with E-state index in [0.29, 0.717) is 18.9 Å². The van der Waals surface area contributed by atoms with Gasteiger partial charge in [-0.3, -0.25) is 9.59 Å². The minimum atomic E-state index is -0.793. The highest BCUT2D eigenvalue weighted by atomic mass is 16.4. The number of amides is 1. The van der Waals surface area contributed by atoms with Crippen LogP contribution in [0.2, 0.25) is 0 Å². The van der Waals surface area contributed by atoms with Crippen LogP contribution in [0.1, 0.15) is 45.4 Å². The lowest BCUT2D eigenvalue weighted by atomic mass is 9.66. The third-order valence-electron chi connectivity index (χ3n) is 4.13. The molecule has 2 aliphatic rings. The average Bonchev–Trinajstić information content (AvgIpc) is 2.57. The smallest absolute Gasteiger partial charge is 0.310 e. The second-order valence-corrected chi connectivity index (χ2v) is 5.19. The number of nitrogens with zero attached hydrogens (tertiary/aromatic N) is 1. The van der Waals surface area contributed by atoms with Gasteiger partial charge in [-0.25, -0.2) is 0 Å². The Morgan fingerprint density at radius 1 is 1.38 bits per heavy atom. The van der Waals surface area contributed by atoms with E-state index in [-0.39, 0.29) is 12.3 Å². The van der Waals surface area contributed by atoms with E-state index < -0.39 is 11.4 Å². The number of carboxylic acids is 1. The van der Waals surface area contributed by atoms with Crippen LogP contribution in [0, 0.1) is 5.41 Å². The molecule has 0 bridgehead atoms. The molecule has 2 fully saturated rings. The van der Waals surface area contributed by atoms with E-state index in [4.69, 9.17) is 0 Å². The van der Waals surface area contributed by atoms with Crippen molar-refractivity contribution in [3.8, 4) is 0 Å². The fourth-order valence-electron chi connectivity index (χ4n) is 2.76. The van der Waals surface area contributed by atoms with Crippen LogP contribution < -0.4 is 0 Å². The molecule has 0 spiro atoms. The van der Waals surface area contributed by atoms with Crippen LogP contribution in [-0.4, -0.2) is 34.5 Å². The molecule has 1 saturated heterocycles. The van der Waals surface area contributed by atoms with Gasteiger partial charge in [0, 0.05) is 19.0 Å². The maximum atomic E-state index is 12.0. The van der Waals surface area contributed by atoms with Crippen LogP contribution in [0.25, 0.3) is 0 Å². The summed E-state index contributed by atoms with van der Waals surface area (Å²) >= 11 is 0. The third kappa shape index (κ3) is 1.81. The highest BCUT2D eigenvalue weighted by Gasteiger charge is 2.47. The first kappa shape index (κ1) is 11.4. The van der Waals surface area contributed by atoms with Crippen molar-refractivity contribution in [3.63, 3.8) is 0 Å². The Kier molecular flexibility index (Phi) is 2.91. The van der Waals surface area contributed by atoms with Gasteiger partial charge in [-0.05, 0) is 32.6 Å². The quantitative estimate of drug-likeness (QED) is 0.794. The molecule has 0 aromatic carbocycles. The monoisotopic (exact) mass is 225 g/mol. The number of carboxylic acid groups (broad SMARTS) is 1. The Morgan fingerprint density at radius 2 is 2.06 bits per heavy atom. The maximum absolute atomic E-state index is 12.0. The highest BCUT2D eigenvalue weighted by Crippen LogP contribution is 2.44. The van der Waals surface area contributed by atoms with Crippen molar-refractivity contribution in [2.75, 3.05) is 6.54 Å². The fraction of sp³-hybridized carbons (Fsp3) is 0.833. The lowest BCUT2D eigenvalue weighted by Gasteiger charge is -2.38. The standard InChI is InChI=1S/C12H19NO3/c1-9-4-2-7-13(9)10(14)8-12(11(15)16)5-3-6-12/h9H,2-8H2,1H3,(H,15,16). The van der Waals surface area contributed by atoms with Crippen molar-refractivity contribution in [2.45, 2.75) is 51.5 Å². The number of rotatable bonds is 3. The zero-order chi connectivity index (χ0) is 11.8. The molecule has 1 atom stereocenters. The van der Waals surface area contributed by atoms with E-state index in [1.165, 1.54) is 0 Å². The largest absolute Gasteiger partial charge is 0.481 e. The van der Waals surface area contributed by atoms with E-state index in [9.17, 15) is 14.7 Å². The molecule has 2 rings (SSSR count). The Hall–Kier alpha value is -1.06. The predicted octanol–water partition coefficient (Wildman–Crippen LogP) is 1.64. The molecular weight excluding hydrogens is 206 g/mol. The van der Waals surface area contributed by atoms with E-state index in [1.54, 1.807) is 0 Å². The molecule has 1 amide bonds. The Morgan fingerprint density at radius 3 is 2.44 bits per heavy atom. The Labute approximate surface area is 95.6 Å². The second-order valence-electron chi connectivity index (χ2n) is 5.19. The molecule has 0 aromatic heterocycles. The van der Waals surface area contributed by atoms with Gasteiger partial charge in [-0.2, -0.15) is 0 Å². The van der Waals surface area contributed by atoms with Crippen molar-refractivity contribution >= 4 is 11.9 Å². The maximum Gasteiger partial charge on any atom is 0.310 e. The fourth-order valence-corrected chi connectivity index (χ4v) is 2.76. The summed E-state index contributed by atoms with van der Waals surface area (Å²) in [6.07, 6.45) is 4.56. The van der Waals surface area contributed by atoms with Crippen molar-refractivity contribution < 1.29 is 14.7 Å². The summed E-state index contributed by atoms with van der Waals surface area (Å²) in [6, 6.07) is 0.290. The van der Waals surface area contributed by atoms with E-state index in [1.807, 2.05) is 11.8 Å². The number of aliphatic carboxylic acids is 1. The lowest BCUT2D eigenvalue weighted by Crippen LogP contribution is -2.44. The summed E-state index contributed by atoms with van der Waals surface area (Å²) in [5, 5.41) is 9.17. The van der Waals surface area contributed by atoms with Crippen molar-refractivity contribution in [3.05, 3.63) is 0 Å². The molecule has 1 aliphatic heterocycles. The van der Waals surface area contributed by atoms with Crippen molar-refractivity contribution in [2.24, 2.45) is 5.41 Å². The molecular formula is C12H19NO3. The normalized spacial score (nSPS) is 27.6. The van der Waals surface area contributed by atoms with Gasteiger partial charge in [0.25, 0.3) is 0 Å². The molecule has 16 heavy (non-hydrogen) atoms. The Bertz CT molecular complexity index is 309. The van der Waals surface area contributed by atoms with Gasteiger partial charge in [0.15, 0.2) is 0 Å². The molecule has 1 aliphatic carbocycles. The summed E-state index contributed by atoms with van der Waals surface area (Å²) in [4.78, 5) is 25.0. The van der Waals surface area contributed by atoms with Crippen LogP contribution in [0.4, 0.5) is 0 Å². The minimum Gasteiger partial charge on any atom is -0.481 e. The van der Waals surface area contributed by atoms with Crippen LogP contribution >= 0.6 is 0 Å². The van der Waals surface area contributed by atoms with E-state index >= 15 is 0 Å².